The summed E-state index contributed by atoms with van der Waals surface area (Å²) in [5, 5.41) is 4.18. The van der Waals surface area contributed by atoms with Crippen LogP contribution in [0.15, 0.2) is 23.3 Å². The van der Waals surface area contributed by atoms with Crippen LogP contribution in [0.5, 0.6) is 0 Å². The van der Waals surface area contributed by atoms with E-state index in [4.69, 9.17) is 0 Å². The molecule has 1 N–H and O–H groups in total. The van der Waals surface area contributed by atoms with Crippen molar-refractivity contribution in [3.63, 3.8) is 0 Å². The standard InChI is InChI=1S/C37H61FN2O2PS/c1-27-30(29-9-7-28(26-38)8-10-29)14-23-43(4)33(27)13-16-36(3)34(43)12-11-31-32-6-5-15-37(32,18-17-35(31,36)2)39-19-20-40-21-24-44(41,42)25-22-40/h9,14,27-28,31-34,39H,5-8,10-13,15-26H2,1-4H3/q+1/t27?,28?,31?,32-,33?,34?,35-,36?,37?,43?/m1/s1. The van der Waals surface area contributed by atoms with Gasteiger partial charge < -0.3 is 10.2 Å². The molecular formula is C37H61FN2O2PS+. The van der Waals surface area contributed by atoms with Gasteiger partial charge in [0, 0.05) is 57.0 Å². The lowest BCUT2D eigenvalue weighted by atomic mass is 9.43. The largest absolute Gasteiger partial charge is 0.310 e. The van der Waals surface area contributed by atoms with Crippen molar-refractivity contribution in [3.05, 3.63) is 23.3 Å². The monoisotopic (exact) mass is 647 g/mol. The van der Waals surface area contributed by atoms with Crippen molar-refractivity contribution in [3.8, 4) is 0 Å². The van der Waals surface area contributed by atoms with Gasteiger partial charge in [0.25, 0.3) is 0 Å². The molecule has 7 aliphatic rings. The molecule has 0 radical (unpaired) electrons. The quantitative estimate of drug-likeness (QED) is 0.303. The Morgan fingerprint density at radius 3 is 2.50 bits per heavy atom. The van der Waals surface area contributed by atoms with Gasteiger partial charge in [0.1, 0.15) is 0 Å². The number of allylic oxidation sites excluding steroid dienone is 4. The molecule has 3 heterocycles. The molecule has 7 rings (SSSR count). The predicted molar refractivity (Wildman–Crippen MR) is 185 cm³/mol. The van der Waals surface area contributed by atoms with Gasteiger partial charge in [-0.25, -0.2) is 8.42 Å². The Kier molecular flexibility index (Phi) is 8.58. The Bertz CT molecular complexity index is 1270. The lowest BCUT2D eigenvalue weighted by Crippen LogP contribution is -2.66. The smallest absolute Gasteiger partial charge is 0.152 e. The minimum Gasteiger partial charge on any atom is -0.310 e. The van der Waals surface area contributed by atoms with E-state index in [0.717, 1.165) is 55.5 Å². The maximum Gasteiger partial charge on any atom is 0.152 e. The molecular weight excluding hydrogens is 586 g/mol. The maximum absolute atomic E-state index is 13.3. The summed E-state index contributed by atoms with van der Waals surface area (Å²) >= 11 is 0. The molecule has 4 nitrogen and oxygen atoms in total. The lowest BCUT2D eigenvalue weighted by Gasteiger charge is -2.68. The minimum atomic E-state index is -2.82. The zero-order chi connectivity index (χ0) is 31.0. The molecule has 10 atom stereocenters. The number of hydrogen-bond donors (Lipinski definition) is 1. The van der Waals surface area contributed by atoms with Crippen LogP contribution in [0, 0.1) is 34.5 Å². The Morgan fingerprint density at radius 1 is 0.977 bits per heavy atom. The van der Waals surface area contributed by atoms with Crippen LogP contribution < -0.4 is 5.32 Å². The van der Waals surface area contributed by atoms with Gasteiger partial charge in [-0.15, -0.1) is 0 Å². The third-order valence-electron chi connectivity index (χ3n) is 15.7. The van der Waals surface area contributed by atoms with Gasteiger partial charge in [-0.2, -0.15) is 0 Å². The van der Waals surface area contributed by atoms with Crippen molar-refractivity contribution in [2.75, 3.05) is 57.2 Å². The summed E-state index contributed by atoms with van der Waals surface area (Å²) in [6.45, 7) is 14.1. The molecule has 0 aromatic carbocycles. The first kappa shape index (κ1) is 32.3. The molecule has 3 saturated carbocycles. The van der Waals surface area contributed by atoms with Crippen LogP contribution in [0.2, 0.25) is 0 Å². The van der Waals surface area contributed by atoms with Crippen LogP contribution in [0.4, 0.5) is 4.39 Å². The van der Waals surface area contributed by atoms with E-state index in [1.54, 1.807) is 11.1 Å². The van der Waals surface area contributed by atoms with E-state index in [0.29, 0.717) is 46.9 Å². The van der Waals surface area contributed by atoms with E-state index < -0.39 is 17.1 Å². The average Bonchev–Trinajstić information content (AvgIpc) is 3.43. The second-order valence-corrected chi connectivity index (χ2v) is 23.9. The van der Waals surface area contributed by atoms with Crippen molar-refractivity contribution in [1.29, 1.82) is 0 Å². The molecule has 248 valence electrons. The van der Waals surface area contributed by atoms with Crippen molar-refractivity contribution in [2.45, 2.75) is 115 Å². The molecule has 0 bridgehead atoms. The lowest BCUT2D eigenvalue weighted by molar-refractivity contribution is -0.122. The van der Waals surface area contributed by atoms with Crippen LogP contribution in [-0.4, -0.2) is 87.4 Å². The van der Waals surface area contributed by atoms with Crippen molar-refractivity contribution in [1.82, 2.24) is 10.2 Å². The molecule has 0 aromatic heterocycles. The van der Waals surface area contributed by atoms with E-state index >= 15 is 0 Å². The molecule has 0 aromatic rings. The van der Waals surface area contributed by atoms with Crippen LogP contribution in [0.3, 0.4) is 0 Å². The third kappa shape index (κ3) is 5.07. The number of alkyl halides is 1. The number of nitrogens with zero attached hydrogens (tertiary/aromatic N) is 1. The number of sulfone groups is 1. The predicted octanol–water partition coefficient (Wildman–Crippen LogP) is 7.51. The first-order valence-electron chi connectivity index (χ1n) is 18.4. The van der Waals surface area contributed by atoms with Crippen LogP contribution in [0.1, 0.15) is 97.8 Å². The summed E-state index contributed by atoms with van der Waals surface area (Å²) in [6, 6.07) is 0. The minimum absolute atomic E-state index is 0.157. The molecule has 5 fully saturated rings. The van der Waals surface area contributed by atoms with Crippen molar-refractivity contribution < 1.29 is 12.8 Å². The highest BCUT2D eigenvalue weighted by molar-refractivity contribution is 7.91. The van der Waals surface area contributed by atoms with E-state index in [9.17, 15) is 12.8 Å². The molecule has 2 saturated heterocycles. The van der Waals surface area contributed by atoms with Crippen LogP contribution in [0.25, 0.3) is 0 Å². The number of halogens is 1. The highest BCUT2D eigenvalue weighted by Gasteiger charge is 2.71. The number of rotatable bonds is 6. The highest BCUT2D eigenvalue weighted by Crippen LogP contribution is 2.82. The topological polar surface area (TPSA) is 49.4 Å². The van der Waals surface area contributed by atoms with Crippen LogP contribution in [-0.2, 0) is 9.84 Å². The number of nitrogens with one attached hydrogen (secondary N) is 1. The van der Waals surface area contributed by atoms with Gasteiger partial charge in [0.15, 0.2) is 9.84 Å². The fourth-order valence-corrected chi connectivity index (χ4v) is 20.1. The van der Waals surface area contributed by atoms with Gasteiger partial charge in [0.05, 0.1) is 35.7 Å². The zero-order valence-electron chi connectivity index (χ0n) is 28.3. The van der Waals surface area contributed by atoms with Gasteiger partial charge in [-0.1, -0.05) is 33.3 Å². The highest BCUT2D eigenvalue weighted by atomic mass is 32.2. The molecule has 8 unspecified atom stereocenters. The van der Waals surface area contributed by atoms with E-state index in [2.05, 4.69) is 49.8 Å². The summed E-state index contributed by atoms with van der Waals surface area (Å²) in [6.07, 6.45) is 22.0. The van der Waals surface area contributed by atoms with Crippen molar-refractivity contribution in [2.24, 2.45) is 34.5 Å². The Labute approximate surface area is 269 Å². The van der Waals surface area contributed by atoms with E-state index in [1.807, 2.05) is 0 Å². The van der Waals surface area contributed by atoms with Gasteiger partial charge in [-0.3, -0.25) is 4.39 Å². The Hall–Kier alpha value is -0.290. The summed E-state index contributed by atoms with van der Waals surface area (Å²) in [5.74, 6) is 3.22. The number of fused-ring (bicyclic) bond motifs is 7. The third-order valence-corrected chi connectivity index (χ3v) is 22.7. The van der Waals surface area contributed by atoms with Gasteiger partial charge in [0.2, 0.25) is 0 Å². The summed E-state index contributed by atoms with van der Waals surface area (Å²) < 4.78 is 37.1. The van der Waals surface area contributed by atoms with E-state index in [-0.39, 0.29) is 12.6 Å². The maximum atomic E-state index is 13.3. The summed E-state index contributed by atoms with van der Waals surface area (Å²) in [5.41, 5.74) is 6.19. The molecule has 3 aliphatic heterocycles. The van der Waals surface area contributed by atoms with Crippen molar-refractivity contribution >= 4 is 17.1 Å². The average molecular weight is 648 g/mol. The van der Waals surface area contributed by atoms with Gasteiger partial charge >= 0.3 is 0 Å². The normalized spacial score (nSPS) is 48.8. The molecule has 0 spiro atoms. The Balaban J connectivity index is 1.07. The SMILES string of the molecule is CC1C(C2=CCC(CF)CC2)=CC[P+]2(C)C1CCC1(C)C2CCC2[C@H]3CCCC3(NCCN3CCS(=O)(=O)CC3)CC[C@]21C. The first-order valence-corrected chi connectivity index (χ1v) is 22.8. The molecule has 7 heteroatoms. The molecule has 0 amide bonds. The first-order chi connectivity index (χ1) is 20.9. The fraction of sp³-hybridized carbons (Fsp3) is 0.892. The van der Waals surface area contributed by atoms with Crippen LogP contribution >= 0.6 is 7.26 Å². The Morgan fingerprint density at radius 2 is 1.77 bits per heavy atom. The number of hydrogen-bond acceptors (Lipinski definition) is 4. The molecule has 4 aliphatic carbocycles. The molecule has 44 heavy (non-hydrogen) atoms. The second-order valence-electron chi connectivity index (χ2n) is 17.2. The van der Waals surface area contributed by atoms with Gasteiger partial charge in [-0.05, 0) is 111 Å². The summed E-state index contributed by atoms with van der Waals surface area (Å²) in [4.78, 5) is 2.37. The zero-order valence-corrected chi connectivity index (χ0v) is 30.0. The summed E-state index contributed by atoms with van der Waals surface area (Å²) in [7, 11) is -3.96. The second kappa shape index (κ2) is 11.7. The van der Waals surface area contributed by atoms with E-state index in [1.165, 1.54) is 63.9 Å². The fourth-order valence-electron chi connectivity index (χ4n) is 12.9.